The van der Waals surface area contributed by atoms with Gasteiger partial charge in [-0.05, 0) is 49.8 Å². The van der Waals surface area contributed by atoms with E-state index in [4.69, 9.17) is 4.74 Å². The van der Waals surface area contributed by atoms with Crippen LogP contribution in [-0.2, 0) is 17.6 Å². The molecule has 19 heavy (non-hydrogen) atoms. The van der Waals surface area contributed by atoms with Crippen molar-refractivity contribution in [1.82, 2.24) is 0 Å². The molecule has 3 heteroatoms. The third-order valence-corrected chi connectivity index (χ3v) is 5.63. The molecule has 0 amide bonds. The van der Waals surface area contributed by atoms with Gasteiger partial charge in [0.2, 0.25) is 0 Å². The molecule has 0 N–H and O–H groups in total. The summed E-state index contributed by atoms with van der Waals surface area (Å²) in [5, 5.41) is 0.485. The van der Waals surface area contributed by atoms with Crippen molar-refractivity contribution in [3.8, 4) is 0 Å². The van der Waals surface area contributed by atoms with E-state index in [9.17, 15) is 4.79 Å². The number of benzene rings is 1. The summed E-state index contributed by atoms with van der Waals surface area (Å²) in [6.45, 7) is 2.94. The molecule has 2 aliphatic rings. The van der Waals surface area contributed by atoms with Crippen LogP contribution in [0.5, 0.6) is 0 Å². The number of ether oxygens (including phenoxy) is 1. The Kier molecular flexibility index (Phi) is 3.94. The van der Waals surface area contributed by atoms with Gasteiger partial charge in [0.15, 0.2) is 5.78 Å². The molecule has 2 nitrogen and oxygen atoms in total. The van der Waals surface area contributed by atoms with Crippen LogP contribution in [0, 0.1) is 0 Å². The van der Waals surface area contributed by atoms with Crippen LogP contribution >= 0.6 is 11.8 Å². The maximum atomic E-state index is 12.2. The number of carbonyl (C=O) groups excluding carboxylic acids is 1. The van der Waals surface area contributed by atoms with Gasteiger partial charge in [-0.15, -0.1) is 11.8 Å². The highest BCUT2D eigenvalue weighted by Crippen LogP contribution is 2.28. The van der Waals surface area contributed by atoms with Crippen LogP contribution in [0.1, 0.15) is 41.3 Å². The fourth-order valence-electron chi connectivity index (χ4n) is 2.94. The van der Waals surface area contributed by atoms with Crippen LogP contribution < -0.4 is 0 Å². The molecular weight excluding hydrogens is 256 g/mol. The molecule has 0 saturated carbocycles. The molecule has 0 spiro atoms. The molecule has 1 saturated heterocycles. The molecule has 102 valence electrons. The van der Waals surface area contributed by atoms with Crippen molar-refractivity contribution in [2.75, 3.05) is 12.4 Å². The zero-order valence-electron chi connectivity index (χ0n) is 11.4. The van der Waals surface area contributed by atoms with E-state index in [2.05, 4.69) is 19.1 Å². The molecule has 1 heterocycles. The van der Waals surface area contributed by atoms with Crippen molar-refractivity contribution in [3.05, 3.63) is 34.9 Å². The van der Waals surface area contributed by atoms with Crippen molar-refractivity contribution >= 4 is 17.5 Å². The largest absolute Gasteiger partial charge is 0.377 e. The lowest BCUT2D eigenvalue weighted by Crippen LogP contribution is -2.16. The Bertz CT molecular complexity index is 484. The highest BCUT2D eigenvalue weighted by Gasteiger charge is 2.25. The van der Waals surface area contributed by atoms with Gasteiger partial charge in [0.1, 0.15) is 0 Å². The minimum atomic E-state index is 0.263. The number of aryl methyl sites for hydroxylation is 2. The lowest BCUT2D eigenvalue weighted by Gasteiger charge is -2.13. The first kappa shape index (κ1) is 13.2. The molecule has 1 aliphatic carbocycles. The van der Waals surface area contributed by atoms with Crippen molar-refractivity contribution in [3.63, 3.8) is 0 Å². The lowest BCUT2D eigenvalue weighted by molar-refractivity contribution is 0.102. The third kappa shape index (κ3) is 2.87. The highest BCUT2D eigenvalue weighted by molar-refractivity contribution is 8.00. The summed E-state index contributed by atoms with van der Waals surface area (Å²) in [7, 11) is 0. The molecule has 1 fully saturated rings. The Morgan fingerprint density at radius 2 is 2.21 bits per heavy atom. The zero-order valence-corrected chi connectivity index (χ0v) is 12.2. The van der Waals surface area contributed by atoms with Crippen LogP contribution in [0.3, 0.4) is 0 Å². The number of carbonyl (C=O) groups is 1. The number of hydrogen-bond acceptors (Lipinski definition) is 3. The molecule has 1 aliphatic heterocycles. The third-order valence-electron chi connectivity index (χ3n) is 4.16. The first-order valence-electron chi connectivity index (χ1n) is 7.12. The van der Waals surface area contributed by atoms with Crippen LogP contribution in [0.25, 0.3) is 0 Å². The number of rotatable bonds is 4. The summed E-state index contributed by atoms with van der Waals surface area (Å²) < 4.78 is 5.53. The Morgan fingerprint density at radius 3 is 3.00 bits per heavy atom. The summed E-state index contributed by atoms with van der Waals surface area (Å²) >= 11 is 1.75. The fraction of sp³-hybridized carbons (Fsp3) is 0.562. The molecule has 0 radical (unpaired) electrons. The first-order chi connectivity index (χ1) is 9.24. The van der Waals surface area contributed by atoms with E-state index in [1.165, 1.54) is 24.0 Å². The zero-order chi connectivity index (χ0) is 13.2. The molecule has 3 rings (SSSR count). The lowest BCUT2D eigenvalue weighted by atomic mass is 10.0. The van der Waals surface area contributed by atoms with E-state index in [0.29, 0.717) is 11.0 Å². The summed E-state index contributed by atoms with van der Waals surface area (Å²) in [5.41, 5.74) is 3.70. The second-order valence-electron chi connectivity index (χ2n) is 5.47. The number of fused-ring (bicyclic) bond motifs is 1. The molecule has 0 aromatic heterocycles. The summed E-state index contributed by atoms with van der Waals surface area (Å²) in [6, 6.07) is 6.25. The van der Waals surface area contributed by atoms with E-state index < -0.39 is 0 Å². The van der Waals surface area contributed by atoms with Crippen LogP contribution in [0.2, 0.25) is 0 Å². The average molecular weight is 276 g/mol. The van der Waals surface area contributed by atoms with Gasteiger partial charge < -0.3 is 4.74 Å². The van der Waals surface area contributed by atoms with Crippen molar-refractivity contribution in [2.45, 2.75) is 44.0 Å². The summed E-state index contributed by atoms with van der Waals surface area (Å²) in [5.74, 6) is 0.843. The fourth-order valence-corrected chi connectivity index (χ4v) is 4.09. The predicted molar refractivity (Wildman–Crippen MR) is 79.1 cm³/mol. The van der Waals surface area contributed by atoms with E-state index in [0.717, 1.165) is 25.0 Å². The van der Waals surface area contributed by atoms with Crippen LogP contribution in [0.4, 0.5) is 0 Å². The molecule has 0 bridgehead atoms. The van der Waals surface area contributed by atoms with E-state index in [1.807, 2.05) is 6.07 Å². The van der Waals surface area contributed by atoms with Crippen molar-refractivity contribution < 1.29 is 9.53 Å². The Labute approximate surface area is 118 Å². The summed E-state index contributed by atoms with van der Waals surface area (Å²) in [6.07, 6.45) is 4.91. The molecule has 1 aromatic rings. The normalized spacial score (nSPS) is 25.5. The minimum absolute atomic E-state index is 0.263. The summed E-state index contributed by atoms with van der Waals surface area (Å²) in [4.78, 5) is 12.2. The van der Waals surface area contributed by atoms with E-state index >= 15 is 0 Å². The highest BCUT2D eigenvalue weighted by atomic mass is 32.2. The minimum Gasteiger partial charge on any atom is -0.377 e. The molecule has 2 atom stereocenters. The number of Topliss-reactive ketones (excluding diaryl/α,β-unsaturated/α-hetero) is 1. The van der Waals surface area contributed by atoms with Gasteiger partial charge in [0.05, 0.1) is 11.9 Å². The second kappa shape index (κ2) is 5.68. The molecule has 2 unspecified atom stereocenters. The SMILES string of the molecule is CC1OCCC1SCC(=O)c1ccc2c(c1)CCC2. The maximum absolute atomic E-state index is 12.2. The standard InChI is InChI=1S/C16H20O2S/c1-11-16(7-8-18-11)19-10-15(17)14-6-5-12-3-2-4-13(12)9-14/h5-6,9,11,16H,2-4,7-8,10H2,1H3. The van der Waals surface area contributed by atoms with Crippen LogP contribution in [0.15, 0.2) is 18.2 Å². The van der Waals surface area contributed by atoms with Gasteiger partial charge in [-0.3, -0.25) is 4.79 Å². The van der Waals surface area contributed by atoms with Gasteiger partial charge in [0, 0.05) is 17.4 Å². The maximum Gasteiger partial charge on any atom is 0.172 e. The molecule has 1 aromatic carbocycles. The molecular formula is C16H20O2S. The van der Waals surface area contributed by atoms with Crippen LogP contribution in [-0.4, -0.2) is 29.5 Å². The van der Waals surface area contributed by atoms with E-state index in [1.54, 1.807) is 11.8 Å². The Morgan fingerprint density at radius 1 is 1.37 bits per heavy atom. The van der Waals surface area contributed by atoms with Crippen molar-refractivity contribution in [1.29, 1.82) is 0 Å². The number of thioether (sulfide) groups is 1. The van der Waals surface area contributed by atoms with Gasteiger partial charge in [-0.25, -0.2) is 0 Å². The number of hydrogen-bond donors (Lipinski definition) is 0. The Hall–Kier alpha value is -0.800. The van der Waals surface area contributed by atoms with Gasteiger partial charge >= 0.3 is 0 Å². The van der Waals surface area contributed by atoms with Gasteiger partial charge in [-0.1, -0.05) is 12.1 Å². The second-order valence-corrected chi connectivity index (χ2v) is 6.70. The smallest absolute Gasteiger partial charge is 0.172 e. The van der Waals surface area contributed by atoms with Crippen molar-refractivity contribution in [2.24, 2.45) is 0 Å². The Balaban J connectivity index is 1.61. The topological polar surface area (TPSA) is 26.3 Å². The van der Waals surface area contributed by atoms with Gasteiger partial charge in [0.25, 0.3) is 0 Å². The first-order valence-corrected chi connectivity index (χ1v) is 8.17. The monoisotopic (exact) mass is 276 g/mol. The average Bonchev–Trinajstić information content (AvgIpc) is 3.03. The number of ketones is 1. The van der Waals surface area contributed by atoms with Gasteiger partial charge in [-0.2, -0.15) is 0 Å². The quantitative estimate of drug-likeness (QED) is 0.790. The predicted octanol–water partition coefficient (Wildman–Crippen LogP) is 3.27. The van der Waals surface area contributed by atoms with E-state index in [-0.39, 0.29) is 11.9 Å².